The van der Waals surface area contributed by atoms with Crippen LogP contribution in [0.5, 0.6) is 0 Å². The molecule has 3 rings (SSSR count). The molecule has 0 bridgehead atoms. The average Bonchev–Trinajstić information content (AvgIpc) is 2.99. The third kappa shape index (κ3) is 3.37. The predicted molar refractivity (Wildman–Crippen MR) is 99.8 cm³/mol. The molecule has 0 fully saturated rings. The molecule has 0 radical (unpaired) electrons. The van der Waals surface area contributed by atoms with E-state index in [0.29, 0.717) is 6.54 Å². The van der Waals surface area contributed by atoms with Crippen LogP contribution in [0.1, 0.15) is 18.1 Å². The van der Waals surface area contributed by atoms with Crippen LogP contribution in [0.3, 0.4) is 0 Å². The van der Waals surface area contributed by atoms with Crippen molar-refractivity contribution in [3.05, 3.63) is 59.7 Å². The summed E-state index contributed by atoms with van der Waals surface area (Å²) < 4.78 is 0. The van der Waals surface area contributed by atoms with Gasteiger partial charge in [0.15, 0.2) is 0 Å². The van der Waals surface area contributed by atoms with Crippen molar-refractivity contribution in [3.8, 4) is 0 Å². The topological polar surface area (TPSA) is 35.6 Å². The molecule has 1 aliphatic rings. The van der Waals surface area contributed by atoms with Crippen molar-refractivity contribution in [2.24, 2.45) is 0 Å². The van der Waals surface area contributed by atoms with Crippen LogP contribution in [-0.4, -0.2) is 37.6 Å². The number of anilines is 2. The van der Waals surface area contributed by atoms with Crippen molar-refractivity contribution in [2.45, 2.75) is 25.8 Å². The van der Waals surface area contributed by atoms with E-state index in [0.717, 1.165) is 24.2 Å². The van der Waals surface area contributed by atoms with Gasteiger partial charge in [0, 0.05) is 38.1 Å². The Hall–Kier alpha value is -2.49. The molecule has 1 aliphatic carbocycles. The monoisotopic (exact) mass is 323 g/mol. The zero-order valence-electron chi connectivity index (χ0n) is 14.6. The fraction of sp³-hybridized carbons (Fsp3) is 0.350. The van der Waals surface area contributed by atoms with E-state index in [2.05, 4.69) is 29.6 Å². The zero-order valence-corrected chi connectivity index (χ0v) is 14.6. The quantitative estimate of drug-likeness (QED) is 0.929. The molecule has 4 nitrogen and oxygen atoms in total. The van der Waals surface area contributed by atoms with Crippen molar-refractivity contribution >= 4 is 17.4 Å². The highest BCUT2D eigenvalue weighted by atomic mass is 16.2. The fourth-order valence-corrected chi connectivity index (χ4v) is 3.36. The molecule has 0 spiro atoms. The smallest absolute Gasteiger partial charge is 0.322 e. The van der Waals surface area contributed by atoms with Gasteiger partial charge in [0.1, 0.15) is 0 Å². The van der Waals surface area contributed by atoms with E-state index in [9.17, 15) is 4.79 Å². The number of nitrogens with one attached hydrogen (secondary N) is 1. The molecule has 0 unspecified atom stereocenters. The van der Waals surface area contributed by atoms with E-state index < -0.39 is 0 Å². The number of fused-ring (bicyclic) bond motifs is 1. The summed E-state index contributed by atoms with van der Waals surface area (Å²) >= 11 is 0. The molecule has 126 valence electrons. The van der Waals surface area contributed by atoms with E-state index in [4.69, 9.17) is 0 Å². The molecule has 2 amide bonds. The van der Waals surface area contributed by atoms with Gasteiger partial charge >= 0.3 is 6.03 Å². The van der Waals surface area contributed by atoms with Crippen LogP contribution < -0.4 is 10.2 Å². The predicted octanol–water partition coefficient (Wildman–Crippen LogP) is 3.77. The van der Waals surface area contributed by atoms with E-state index in [1.54, 1.807) is 0 Å². The van der Waals surface area contributed by atoms with Crippen LogP contribution in [0.25, 0.3) is 0 Å². The van der Waals surface area contributed by atoms with Crippen molar-refractivity contribution in [2.75, 3.05) is 30.9 Å². The van der Waals surface area contributed by atoms with Crippen LogP contribution in [-0.2, 0) is 12.8 Å². The minimum absolute atomic E-state index is 0.0205. The molecule has 0 atom stereocenters. The fourth-order valence-electron chi connectivity index (χ4n) is 3.36. The van der Waals surface area contributed by atoms with Gasteiger partial charge in [0.05, 0.1) is 0 Å². The second kappa shape index (κ2) is 6.95. The number of hydrogen-bond acceptors (Lipinski definition) is 2. The molecule has 24 heavy (non-hydrogen) atoms. The van der Waals surface area contributed by atoms with Crippen molar-refractivity contribution in [3.63, 3.8) is 0 Å². The highest BCUT2D eigenvalue weighted by molar-refractivity contribution is 5.89. The third-order valence-electron chi connectivity index (χ3n) is 4.71. The molecule has 4 heteroatoms. The van der Waals surface area contributed by atoms with Crippen LogP contribution in [0.2, 0.25) is 0 Å². The Morgan fingerprint density at radius 1 is 1.04 bits per heavy atom. The number of amides is 2. The summed E-state index contributed by atoms with van der Waals surface area (Å²) in [6, 6.07) is 16.6. The minimum atomic E-state index is -0.0205. The molecular weight excluding hydrogens is 298 g/mol. The van der Waals surface area contributed by atoms with Crippen LogP contribution in [0.15, 0.2) is 48.5 Å². The highest BCUT2D eigenvalue weighted by Gasteiger charge is 2.28. The molecule has 0 heterocycles. The van der Waals surface area contributed by atoms with Crippen LogP contribution >= 0.6 is 0 Å². The first-order valence-electron chi connectivity index (χ1n) is 8.50. The number of carbonyl (C=O) groups is 1. The standard InChI is InChI=1S/C20H25N3O/c1-4-23(19-13-15-7-5-6-8-16(15)14-19)20(24)21-17-9-11-18(12-10-17)22(2)3/h5-12,19H,4,13-14H2,1-3H3,(H,21,24). The number of rotatable bonds is 4. The Labute approximate surface area is 144 Å². The number of urea groups is 1. The minimum Gasteiger partial charge on any atom is -0.378 e. The maximum atomic E-state index is 12.7. The zero-order chi connectivity index (χ0) is 17.1. The van der Waals surface area contributed by atoms with Gasteiger partial charge in [-0.15, -0.1) is 0 Å². The first kappa shape index (κ1) is 16.4. The van der Waals surface area contributed by atoms with Gasteiger partial charge in [0.25, 0.3) is 0 Å². The Morgan fingerprint density at radius 2 is 1.62 bits per heavy atom. The molecule has 0 saturated carbocycles. The molecular formula is C20H25N3O. The van der Waals surface area contributed by atoms with Gasteiger partial charge in [-0.1, -0.05) is 24.3 Å². The largest absolute Gasteiger partial charge is 0.378 e. The number of hydrogen-bond donors (Lipinski definition) is 1. The van der Waals surface area contributed by atoms with Crippen molar-refractivity contribution in [1.82, 2.24) is 4.90 Å². The van der Waals surface area contributed by atoms with Gasteiger partial charge in [0.2, 0.25) is 0 Å². The molecule has 0 aromatic heterocycles. The maximum absolute atomic E-state index is 12.7. The summed E-state index contributed by atoms with van der Waals surface area (Å²) in [4.78, 5) is 16.7. The Balaban J connectivity index is 1.67. The van der Waals surface area contributed by atoms with Gasteiger partial charge in [-0.25, -0.2) is 4.79 Å². The Bertz CT molecular complexity index is 684. The van der Waals surface area contributed by atoms with E-state index in [1.807, 2.05) is 55.1 Å². The number of likely N-dealkylation sites (N-methyl/N-ethyl adjacent to an activating group) is 1. The summed E-state index contributed by atoms with van der Waals surface area (Å²) in [6.45, 7) is 2.75. The Morgan fingerprint density at radius 3 is 2.12 bits per heavy atom. The summed E-state index contributed by atoms with van der Waals surface area (Å²) in [5, 5.41) is 3.03. The van der Waals surface area contributed by atoms with E-state index >= 15 is 0 Å². The number of benzene rings is 2. The third-order valence-corrected chi connectivity index (χ3v) is 4.71. The summed E-state index contributed by atoms with van der Waals surface area (Å²) in [6.07, 6.45) is 1.88. The average molecular weight is 323 g/mol. The van der Waals surface area contributed by atoms with Crippen LogP contribution in [0, 0.1) is 0 Å². The lowest BCUT2D eigenvalue weighted by atomic mass is 10.1. The first-order valence-corrected chi connectivity index (χ1v) is 8.50. The maximum Gasteiger partial charge on any atom is 0.322 e. The lowest BCUT2D eigenvalue weighted by Gasteiger charge is -2.28. The van der Waals surface area contributed by atoms with E-state index in [-0.39, 0.29) is 12.1 Å². The first-order chi connectivity index (χ1) is 11.6. The Kier molecular flexibility index (Phi) is 4.74. The summed E-state index contributed by atoms with van der Waals surface area (Å²) in [7, 11) is 4.01. The highest BCUT2D eigenvalue weighted by Crippen LogP contribution is 2.26. The lowest BCUT2D eigenvalue weighted by Crippen LogP contribution is -2.43. The van der Waals surface area contributed by atoms with Gasteiger partial charge < -0.3 is 15.1 Å². The second-order valence-corrected chi connectivity index (χ2v) is 6.49. The SMILES string of the molecule is CCN(C(=O)Nc1ccc(N(C)C)cc1)C1Cc2ccccc2C1. The molecule has 2 aromatic rings. The molecule has 0 saturated heterocycles. The summed E-state index contributed by atoms with van der Waals surface area (Å²) in [5.74, 6) is 0. The number of nitrogens with zero attached hydrogens (tertiary/aromatic N) is 2. The molecule has 2 aromatic carbocycles. The number of carbonyl (C=O) groups excluding carboxylic acids is 1. The second-order valence-electron chi connectivity index (χ2n) is 6.49. The molecule has 1 N–H and O–H groups in total. The molecule has 0 aliphatic heterocycles. The lowest BCUT2D eigenvalue weighted by molar-refractivity contribution is 0.194. The van der Waals surface area contributed by atoms with Crippen molar-refractivity contribution < 1.29 is 4.79 Å². The van der Waals surface area contributed by atoms with Crippen LogP contribution in [0.4, 0.5) is 16.2 Å². The van der Waals surface area contributed by atoms with Gasteiger partial charge in [-0.05, 0) is 55.2 Å². The van der Waals surface area contributed by atoms with E-state index in [1.165, 1.54) is 11.1 Å². The van der Waals surface area contributed by atoms with Gasteiger partial charge in [-0.3, -0.25) is 0 Å². The normalized spacial score (nSPS) is 13.5. The van der Waals surface area contributed by atoms with Gasteiger partial charge in [-0.2, -0.15) is 0 Å². The summed E-state index contributed by atoms with van der Waals surface area (Å²) in [5.41, 5.74) is 4.68. The van der Waals surface area contributed by atoms with Crippen molar-refractivity contribution in [1.29, 1.82) is 0 Å².